The first-order valence-corrected chi connectivity index (χ1v) is 13.1. The molecule has 2 aliphatic rings. The van der Waals surface area contributed by atoms with Crippen molar-refractivity contribution in [2.45, 2.75) is 58.6 Å². The van der Waals surface area contributed by atoms with Crippen LogP contribution < -0.4 is 10.1 Å². The molecule has 38 heavy (non-hydrogen) atoms. The number of nitrogens with zero attached hydrogens (tertiary/aromatic N) is 3. The highest BCUT2D eigenvalue weighted by atomic mass is 16.5. The molecule has 9 heteroatoms. The number of carbonyl (C=O) groups is 2. The molecule has 1 saturated carbocycles. The van der Waals surface area contributed by atoms with Crippen LogP contribution in [0.4, 0.5) is 0 Å². The Labute approximate surface area is 220 Å². The van der Waals surface area contributed by atoms with E-state index in [0.717, 1.165) is 23.8 Å². The fraction of sp³-hybridized carbons (Fsp3) is 0.414. The molecule has 0 unspecified atom stereocenters. The Bertz CT molecular complexity index is 1580. The van der Waals surface area contributed by atoms with E-state index in [1.807, 2.05) is 19.1 Å². The molecule has 3 aromatic heterocycles. The lowest BCUT2D eigenvalue weighted by Crippen LogP contribution is -2.45. The smallest absolute Gasteiger partial charge is 0.255 e. The number of benzene rings is 1. The zero-order valence-corrected chi connectivity index (χ0v) is 22.1. The average Bonchev–Trinajstić information content (AvgIpc) is 3.52. The van der Waals surface area contributed by atoms with Crippen molar-refractivity contribution in [2.75, 3.05) is 13.1 Å². The van der Waals surface area contributed by atoms with Crippen LogP contribution >= 0.6 is 0 Å². The number of amides is 2. The van der Waals surface area contributed by atoms with Crippen molar-refractivity contribution in [3.8, 4) is 11.5 Å². The second-order valence-electron chi connectivity index (χ2n) is 11.1. The van der Waals surface area contributed by atoms with Gasteiger partial charge in [-0.25, -0.2) is 4.52 Å². The van der Waals surface area contributed by atoms with E-state index in [2.05, 4.69) is 17.3 Å². The van der Waals surface area contributed by atoms with Gasteiger partial charge in [-0.1, -0.05) is 6.92 Å². The summed E-state index contributed by atoms with van der Waals surface area (Å²) in [6.45, 7) is 8.38. The first-order valence-electron chi connectivity index (χ1n) is 13.1. The number of carbonyl (C=O) groups excluding carboxylic acids is 2. The Morgan fingerprint density at radius 2 is 2.05 bits per heavy atom. The van der Waals surface area contributed by atoms with Gasteiger partial charge in [0.05, 0.1) is 22.9 Å². The van der Waals surface area contributed by atoms with E-state index < -0.39 is 5.60 Å². The van der Waals surface area contributed by atoms with Gasteiger partial charge in [-0.3, -0.25) is 9.59 Å². The number of likely N-dealkylation sites (tertiary alicyclic amines) is 1. The van der Waals surface area contributed by atoms with Crippen LogP contribution in [0.25, 0.3) is 16.5 Å². The van der Waals surface area contributed by atoms with Gasteiger partial charge in [0.25, 0.3) is 11.8 Å². The summed E-state index contributed by atoms with van der Waals surface area (Å²) < 4.78 is 13.9. The molecule has 9 nitrogen and oxygen atoms in total. The fourth-order valence-corrected chi connectivity index (χ4v) is 5.60. The van der Waals surface area contributed by atoms with Gasteiger partial charge >= 0.3 is 0 Å². The van der Waals surface area contributed by atoms with Gasteiger partial charge in [0.2, 0.25) is 0 Å². The number of β-amino-alcohol motifs (C(OH)–C–C–N with tert-alkyl or cyclic N) is 1. The highest BCUT2D eigenvalue weighted by molar-refractivity contribution is 6.07. The second-order valence-corrected chi connectivity index (χ2v) is 11.1. The molecule has 0 radical (unpaired) electrons. The largest absolute Gasteiger partial charge is 0.460 e. The summed E-state index contributed by atoms with van der Waals surface area (Å²) in [4.78, 5) is 27.9. The SMILES string of the molecule is Cc1oc2cc(Oc3ccnn4cc(C(=O)N5CC[C@@](C)(O)C5)c(C)c34)ccc2c1C(=O)N[C@@H]1CC[C@H]1C. The summed E-state index contributed by atoms with van der Waals surface area (Å²) in [6.07, 6.45) is 6.02. The Morgan fingerprint density at radius 3 is 2.74 bits per heavy atom. The Morgan fingerprint density at radius 1 is 1.24 bits per heavy atom. The van der Waals surface area contributed by atoms with Crippen LogP contribution in [0.2, 0.25) is 0 Å². The first-order chi connectivity index (χ1) is 18.1. The molecule has 1 aromatic carbocycles. The normalized spacial score (nSPS) is 23.1. The molecule has 1 saturated heterocycles. The monoisotopic (exact) mass is 516 g/mol. The van der Waals surface area contributed by atoms with E-state index in [1.165, 1.54) is 0 Å². The van der Waals surface area contributed by atoms with Crippen molar-refractivity contribution in [1.29, 1.82) is 0 Å². The third kappa shape index (κ3) is 4.11. The summed E-state index contributed by atoms with van der Waals surface area (Å²) in [6, 6.07) is 7.40. The van der Waals surface area contributed by atoms with Gasteiger partial charge in [0.15, 0.2) is 5.75 Å². The van der Waals surface area contributed by atoms with Crippen LogP contribution in [0.5, 0.6) is 11.5 Å². The number of aliphatic hydroxyl groups is 1. The minimum atomic E-state index is -0.867. The number of nitrogens with one attached hydrogen (secondary N) is 1. The summed E-state index contributed by atoms with van der Waals surface area (Å²) in [7, 11) is 0. The third-order valence-electron chi connectivity index (χ3n) is 8.09. The van der Waals surface area contributed by atoms with Gasteiger partial charge < -0.3 is 24.5 Å². The Hall–Kier alpha value is -3.85. The lowest BCUT2D eigenvalue weighted by molar-refractivity contribution is 0.0572. The lowest BCUT2D eigenvalue weighted by Gasteiger charge is -2.34. The van der Waals surface area contributed by atoms with Gasteiger partial charge in [-0.2, -0.15) is 5.10 Å². The minimum Gasteiger partial charge on any atom is -0.460 e. The molecule has 1 aliphatic carbocycles. The maximum absolute atomic E-state index is 13.2. The number of hydrogen-bond acceptors (Lipinski definition) is 6. The van der Waals surface area contributed by atoms with E-state index in [-0.39, 0.29) is 17.9 Å². The standard InChI is InChI=1S/C29H32N4O5/c1-16-5-8-22(16)31-27(34)25-18(3)37-24-13-19(6-7-20(24)25)38-23-9-11-30-33-14-21(17(2)26(23)33)28(35)32-12-10-29(4,36)15-32/h6-7,9,11,13-14,16,22,36H,5,8,10,12,15H2,1-4H3,(H,31,34)/t16-,22-,29-/m1/s1. The zero-order chi connectivity index (χ0) is 26.8. The minimum absolute atomic E-state index is 0.108. The van der Waals surface area contributed by atoms with Crippen LogP contribution in [-0.2, 0) is 0 Å². The number of fused-ring (bicyclic) bond motifs is 2. The summed E-state index contributed by atoms with van der Waals surface area (Å²) in [5.74, 6) is 1.91. The number of hydrogen-bond donors (Lipinski definition) is 2. The molecule has 2 fully saturated rings. The first kappa shape index (κ1) is 24.5. The maximum atomic E-state index is 13.2. The van der Waals surface area contributed by atoms with Gasteiger partial charge in [-0.05, 0) is 63.6 Å². The van der Waals surface area contributed by atoms with Crippen molar-refractivity contribution in [3.63, 3.8) is 0 Å². The van der Waals surface area contributed by atoms with E-state index in [0.29, 0.717) is 64.9 Å². The number of aryl methyl sites for hydroxylation is 2. The summed E-state index contributed by atoms with van der Waals surface area (Å²) in [5, 5.41) is 18.6. The van der Waals surface area contributed by atoms with Gasteiger partial charge in [0.1, 0.15) is 22.6 Å². The average molecular weight is 517 g/mol. The van der Waals surface area contributed by atoms with E-state index in [1.54, 1.807) is 47.8 Å². The molecule has 0 spiro atoms. The predicted octanol–water partition coefficient (Wildman–Crippen LogP) is 4.61. The fourth-order valence-electron chi connectivity index (χ4n) is 5.60. The highest BCUT2D eigenvalue weighted by Gasteiger charge is 2.35. The van der Waals surface area contributed by atoms with Crippen molar-refractivity contribution >= 4 is 28.3 Å². The van der Waals surface area contributed by atoms with Crippen LogP contribution in [0.1, 0.15) is 65.1 Å². The number of aromatic nitrogens is 2. The van der Waals surface area contributed by atoms with E-state index in [4.69, 9.17) is 9.15 Å². The topological polar surface area (TPSA) is 109 Å². The molecule has 0 bridgehead atoms. The van der Waals surface area contributed by atoms with Crippen molar-refractivity contribution in [3.05, 3.63) is 59.1 Å². The molecule has 2 amide bonds. The van der Waals surface area contributed by atoms with Crippen molar-refractivity contribution in [2.24, 2.45) is 5.92 Å². The lowest BCUT2D eigenvalue weighted by atomic mass is 9.81. The van der Waals surface area contributed by atoms with Crippen LogP contribution in [0.3, 0.4) is 0 Å². The maximum Gasteiger partial charge on any atom is 0.255 e. The Kier molecular flexibility index (Phi) is 5.72. The van der Waals surface area contributed by atoms with E-state index in [9.17, 15) is 14.7 Å². The highest BCUT2D eigenvalue weighted by Crippen LogP contribution is 2.35. The molecule has 6 rings (SSSR count). The van der Waals surface area contributed by atoms with Crippen LogP contribution in [0.15, 0.2) is 41.1 Å². The van der Waals surface area contributed by atoms with Crippen molar-refractivity contribution in [1.82, 2.24) is 19.8 Å². The predicted molar refractivity (Wildman–Crippen MR) is 142 cm³/mol. The molecule has 4 heterocycles. The van der Waals surface area contributed by atoms with E-state index >= 15 is 0 Å². The summed E-state index contributed by atoms with van der Waals surface area (Å²) >= 11 is 0. The molecule has 4 aromatic rings. The summed E-state index contributed by atoms with van der Waals surface area (Å²) in [5.41, 5.74) is 2.23. The second kappa shape index (κ2) is 8.87. The molecule has 1 aliphatic heterocycles. The molecular formula is C29H32N4O5. The molecule has 3 atom stereocenters. The Balaban J connectivity index is 1.28. The molecule has 2 N–H and O–H groups in total. The van der Waals surface area contributed by atoms with Crippen LogP contribution in [-0.4, -0.2) is 56.2 Å². The van der Waals surface area contributed by atoms with Crippen molar-refractivity contribution < 1.29 is 23.8 Å². The third-order valence-corrected chi connectivity index (χ3v) is 8.09. The number of furan rings is 1. The number of ether oxygens (including phenoxy) is 1. The van der Waals surface area contributed by atoms with Gasteiger partial charge in [-0.15, -0.1) is 0 Å². The molecule has 198 valence electrons. The van der Waals surface area contributed by atoms with Gasteiger partial charge in [0, 0.05) is 42.8 Å². The molecular weight excluding hydrogens is 484 g/mol. The quantitative estimate of drug-likeness (QED) is 0.401. The zero-order valence-electron chi connectivity index (χ0n) is 22.1. The number of rotatable bonds is 5. The van der Waals surface area contributed by atoms with Crippen LogP contribution in [0, 0.1) is 19.8 Å².